The van der Waals surface area contributed by atoms with Gasteiger partial charge in [0.15, 0.2) is 0 Å². The van der Waals surface area contributed by atoms with Gasteiger partial charge in [-0.15, -0.1) is 0 Å². The van der Waals surface area contributed by atoms with E-state index in [4.69, 9.17) is 11.6 Å². The van der Waals surface area contributed by atoms with Gasteiger partial charge in [0.1, 0.15) is 0 Å². The van der Waals surface area contributed by atoms with Gasteiger partial charge in [-0.1, -0.05) is 29.8 Å². The lowest BCUT2D eigenvalue weighted by molar-refractivity contribution is 0.0785. The van der Waals surface area contributed by atoms with E-state index < -0.39 is 0 Å². The Morgan fingerprint density at radius 2 is 1.71 bits per heavy atom. The summed E-state index contributed by atoms with van der Waals surface area (Å²) in [5, 5.41) is 0.700. The molecule has 0 aliphatic carbocycles. The molecule has 110 valence electrons. The zero-order valence-corrected chi connectivity index (χ0v) is 13.3. The zero-order chi connectivity index (χ0) is 15.4. The number of benzene rings is 2. The van der Waals surface area contributed by atoms with Crippen molar-refractivity contribution in [2.24, 2.45) is 0 Å². The Kier molecular flexibility index (Phi) is 4.86. The van der Waals surface area contributed by atoms with Crippen molar-refractivity contribution in [3.05, 3.63) is 64.7 Å². The Morgan fingerprint density at radius 1 is 1.05 bits per heavy atom. The molecule has 21 heavy (non-hydrogen) atoms. The molecule has 0 atom stereocenters. The third-order valence-corrected chi connectivity index (χ3v) is 3.54. The molecule has 4 heteroatoms. The standard InChI is InChI=1S/C17H19ClN2O/c1-19(2)16-6-4-5-14(11-16)17(21)20(3)12-13-7-9-15(18)10-8-13/h4-11H,12H2,1-3H3. The molecule has 0 heterocycles. The molecule has 2 aromatic carbocycles. The smallest absolute Gasteiger partial charge is 0.253 e. The lowest BCUT2D eigenvalue weighted by Crippen LogP contribution is -2.26. The van der Waals surface area contributed by atoms with Crippen LogP contribution in [0.1, 0.15) is 15.9 Å². The van der Waals surface area contributed by atoms with Crippen molar-refractivity contribution in [1.82, 2.24) is 4.90 Å². The maximum atomic E-state index is 12.5. The van der Waals surface area contributed by atoms with E-state index in [9.17, 15) is 4.79 Å². The Hall–Kier alpha value is -2.00. The summed E-state index contributed by atoms with van der Waals surface area (Å²) in [5.41, 5.74) is 2.76. The van der Waals surface area contributed by atoms with Crippen LogP contribution in [0.5, 0.6) is 0 Å². The molecule has 0 fully saturated rings. The summed E-state index contributed by atoms with van der Waals surface area (Å²) in [6, 6.07) is 15.2. The van der Waals surface area contributed by atoms with Crippen molar-refractivity contribution in [2.45, 2.75) is 6.54 Å². The highest BCUT2D eigenvalue weighted by Gasteiger charge is 2.12. The quantitative estimate of drug-likeness (QED) is 0.860. The first-order valence-electron chi connectivity index (χ1n) is 6.74. The maximum absolute atomic E-state index is 12.5. The number of carbonyl (C=O) groups is 1. The van der Waals surface area contributed by atoms with Crippen LogP contribution in [0.2, 0.25) is 5.02 Å². The highest BCUT2D eigenvalue weighted by Crippen LogP contribution is 2.16. The van der Waals surface area contributed by atoms with Crippen LogP contribution in [0.3, 0.4) is 0 Å². The molecule has 0 spiro atoms. The first-order valence-corrected chi connectivity index (χ1v) is 7.12. The van der Waals surface area contributed by atoms with Gasteiger partial charge in [-0.25, -0.2) is 0 Å². The van der Waals surface area contributed by atoms with Gasteiger partial charge >= 0.3 is 0 Å². The van der Waals surface area contributed by atoms with Gasteiger partial charge in [-0.2, -0.15) is 0 Å². The first kappa shape index (κ1) is 15.4. The van der Waals surface area contributed by atoms with Crippen LogP contribution in [-0.4, -0.2) is 32.0 Å². The van der Waals surface area contributed by atoms with Crippen molar-refractivity contribution in [1.29, 1.82) is 0 Å². The molecule has 0 saturated heterocycles. The number of anilines is 1. The monoisotopic (exact) mass is 302 g/mol. The van der Waals surface area contributed by atoms with Gasteiger partial charge in [0, 0.05) is 44.0 Å². The minimum Gasteiger partial charge on any atom is -0.378 e. The molecular weight excluding hydrogens is 284 g/mol. The summed E-state index contributed by atoms with van der Waals surface area (Å²) in [7, 11) is 5.72. The summed E-state index contributed by atoms with van der Waals surface area (Å²) >= 11 is 5.87. The number of hydrogen-bond acceptors (Lipinski definition) is 2. The second kappa shape index (κ2) is 6.64. The Balaban J connectivity index is 2.11. The maximum Gasteiger partial charge on any atom is 0.253 e. The van der Waals surface area contributed by atoms with Gasteiger partial charge < -0.3 is 9.80 Å². The number of rotatable bonds is 4. The number of nitrogens with zero attached hydrogens (tertiary/aromatic N) is 2. The van der Waals surface area contributed by atoms with Crippen molar-refractivity contribution in [3.8, 4) is 0 Å². The molecule has 0 bridgehead atoms. The van der Waals surface area contributed by atoms with E-state index in [-0.39, 0.29) is 5.91 Å². The minimum absolute atomic E-state index is 0.00801. The van der Waals surface area contributed by atoms with Crippen LogP contribution < -0.4 is 4.90 Å². The molecule has 3 nitrogen and oxygen atoms in total. The number of halogens is 1. The summed E-state index contributed by atoms with van der Waals surface area (Å²) in [6.07, 6.45) is 0. The van der Waals surface area contributed by atoms with Crippen LogP contribution in [0.15, 0.2) is 48.5 Å². The van der Waals surface area contributed by atoms with Crippen LogP contribution in [0.25, 0.3) is 0 Å². The van der Waals surface area contributed by atoms with Crippen LogP contribution in [0, 0.1) is 0 Å². The molecule has 0 aliphatic heterocycles. The van der Waals surface area contributed by atoms with Gasteiger partial charge in [0.2, 0.25) is 0 Å². The van der Waals surface area contributed by atoms with E-state index in [0.717, 1.165) is 11.3 Å². The predicted molar refractivity (Wildman–Crippen MR) is 88.0 cm³/mol. The fourth-order valence-corrected chi connectivity index (χ4v) is 2.20. The molecule has 0 aliphatic rings. The Morgan fingerprint density at radius 3 is 2.33 bits per heavy atom. The van der Waals surface area contributed by atoms with Crippen molar-refractivity contribution >= 4 is 23.2 Å². The lowest BCUT2D eigenvalue weighted by Gasteiger charge is -2.19. The van der Waals surface area contributed by atoms with Gasteiger partial charge in [-0.3, -0.25) is 4.79 Å². The third-order valence-electron chi connectivity index (χ3n) is 3.29. The van der Waals surface area contributed by atoms with E-state index in [1.54, 1.807) is 11.9 Å². The van der Waals surface area contributed by atoms with Gasteiger partial charge in [0.05, 0.1) is 0 Å². The van der Waals surface area contributed by atoms with Crippen molar-refractivity contribution < 1.29 is 4.79 Å². The average molecular weight is 303 g/mol. The summed E-state index contributed by atoms with van der Waals surface area (Å²) in [5.74, 6) is 0.00801. The predicted octanol–water partition coefficient (Wildman–Crippen LogP) is 3.68. The fraction of sp³-hybridized carbons (Fsp3) is 0.235. The Labute approximate surface area is 130 Å². The highest BCUT2D eigenvalue weighted by atomic mass is 35.5. The van der Waals surface area contributed by atoms with Gasteiger partial charge in [0.25, 0.3) is 5.91 Å². The number of amides is 1. The summed E-state index contributed by atoms with van der Waals surface area (Å²) in [4.78, 5) is 16.2. The molecule has 2 rings (SSSR count). The second-order valence-corrected chi connectivity index (χ2v) is 5.67. The molecule has 0 N–H and O–H groups in total. The van der Waals surface area contributed by atoms with E-state index in [0.29, 0.717) is 17.1 Å². The van der Waals surface area contributed by atoms with E-state index >= 15 is 0 Å². The fourth-order valence-electron chi connectivity index (χ4n) is 2.07. The van der Waals surface area contributed by atoms with E-state index in [2.05, 4.69) is 0 Å². The lowest BCUT2D eigenvalue weighted by atomic mass is 10.1. The van der Waals surface area contributed by atoms with Crippen LogP contribution in [-0.2, 0) is 6.54 Å². The molecule has 2 aromatic rings. The first-order chi connectivity index (χ1) is 9.97. The topological polar surface area (TPSA) is 23.6 Å². The highest BCUT2D eigenvalue weighted by molar-refractivity contribution is 6.30. The van der Waals surface area contributed by atoms with E-state index in [1.807, 2.05) is 67.5 Å². The zero-order valence-electron chi connectivity index (χ0n) is 12.5. The average Bonchev–Trinajstić information content (AvgIpc) is 2.49. The third kappa shape index (κ3) is 3.99. The molecule has 0 radical (unpaired) electrons. The number of carbonyl (C=O) groups excluding carboxylic acids is 1. The molecule has 0 saturated carbocycles. The molecule has 0 aromatic heterocycles. The summed E-state index contributed by atoms with van der Waals surface area (Å²) in [6.45, 7) is 0.558. The van der Waals surface area contributed by atoms with Crippen molar-refractivity contribution in [2.75, 3.05) is 26.0 Å². The van der Waals surface area contributed by atoms with Gasteiger partial charge in [-0.05, 0) is 35.9 Å². The molecular formula is C17H19ClN2O. The minimum atomic E-state index is 0.00801. The SMILES string of the molecule is CN(Cc1ccc(Cl)cc1)C(=O)c1cccc(N(C)C)c1. The number of hydrogen-bond donors (Lipinski definition) is 0. The van der Waals surface area contributed by atoms with Crippen LogP contribution >= 0.6 is 11.6 Å². The molecule has 0 unspecified atom stereocenters. The summed E-state index contributed by atoms with van der Waals surface area (Å²) < 4.78 is 0. The largest absolute Gasteiger partial charge is 0.378 e. The van der Waals surface area contributed by atoms with Crippen molar-refractivity contribution in [3.63, 3.8) is 0 Å². The Bertz CT molecular complexity index is 623. The normalized spacial score (nSPS) is 10.3. The van der Waals surface area contributed by atoms with Crippen LogP contribution in [0.4, 0.5) is 5.69 Å². The second-order valence-electron chi connectivity index (χ2n) is 5.23. The van der Waals surface area contributed by atoms with E-state index in [1.165, 1.54) is 0 Å². The molecule has 1 amide bonds.